The molecule has 4 aromatic carbocycles. The smallest absolute Gasteiger partial charge is 0.429 e. The SMILES string of the molecule is CC(C)(C)OC(=O)N1CCC(=O)N1c1cccc(Cl)c1.CC(C)(C)OC(=O)NNc1cccc(Cl)c1.NNc1cccc(Cl)c1.O=C1CCNN1c1cccc(Cl)c1. The van der Waals surface area contributed by atoms with Crippen LogP contribution in [0.25, 0.3) is 0 Å². The van der Waals surface area contributed by atoms with E-state index in [1.807, 2.05) is 24.3 Å². The number of hydrazine groups is 4. The number of nitrogen functional groups attached to an aromatic ring is 1. The number of nitrogens with two attached hydrogens (primary N) is 1. The summed E-state index contributed by atoms with van der Waals surface area (Å²) in [6.07, 6.45) is -0.256. The van der Waals surface area contributed by atoms with Gasteiger partial charge in [0.15, 0.2) is 0 Å². The van der Waals surface area contributed by atoms with Crippen molar-refractivity contribution in [2.75, 3.05) is 34.0 Å². The number of carbonyl (C=O) groups is 4. The lowest BCUT2D eigenvalue weighted by Crippen LogP contribution is -2.45. The first-order chi connectivity index (χ1) is 27.2. The van der Waals surface area contributed by atoms with Crippen LogP contribution in [0.4, 0.5) is 32.3 Å². The lowest BCUT2D eigenvalue weighted by atomic mass is 10.2. The minimum atomic E-state index is -0.608. The van der Waals surface area contributed by atoms with E-state index in [4.69, 9.17) is 61.7 Å². The van der Waals surface area contributed by atoms with Crippen LogP contribution >= 0.6 is 46.4 Å². The summed E-state index contributed by atoms with van der Waals surface area (Å²) in [5.41, 5.74) is 12.3. The van der Waals surface area contributed by atoms with Gasteiger partial charge in [0.2, 0.25) is 11.8 Å². The molecule has 2 aliphatic heterocycles. The predicted molar refractivity (Wildman–Crippen MR) is 232 cm³/mol. The number of amides is 4. The number of hydrogen-bond acceptors (Lipinski definition) is 10. The molecule has 0 spiro atoms. The van der Waals surface area contributed by atoms with E-state index >= 15 is 0 Å². The van der Waals surface area contributed by atoms with Gasteiger partial charge in [-0.15, -0.1) is 0 Å². The first-order valence-corrected chi connectivity index (χ1v) is 19.4. The number of hydrogen-bond donors (Lipinski definition) is 5. The van der Waals surface area contributed by atoms with E-state index in [1.54, 1.807) is 114 Å². The van der Waals surface area contributed by atoms with Crippen molar-refractivity contribution in [1.82, 2.24) is 15.9 Å². The third-order valence-corrected chi connectivity index (χ3v) is 8.06. The maximum absolute atomic E-state index is 12.2. The largest absolute Gasteiger partial charge is 0.443 e. The molecule has 2 fully saturated rings. The highest BCUT2D eigenvalue weighted by atomic mass is 35.5. The molecule has 0 aromatic heterocycles. The van der Waals surface area contributed by atoms with Crippen molar-refractivity contribution in [1.29, 1.82) is 0 Å². The second-order valence-corrected chi connectivity index (χ2v) is 16.1. The van der Waals surface area contributed by atoms with Gasteiger partial charge in [-0.05, 0) is 114 Å². The number of anilines is 4. The van der Waals surface area contributed by atoms with E-state index in [2.05, 4.69) is 21.7 Å². The maximum Gasteiger partial charge on any atom is 0.429 e. The van der Waals surface area contributed by atoms with Crippen molar-refractivity contribution in [3.8, 4) is 0 Å². The van der Waals surface area contributed by atoms with E-state index in [1.165, 1.54) is 15.0 Å². The van der Waals surface area contributed by atoms with Crippen LogP contribution in [-0.2, 0) is 19.1 Å². The molecule has 0 radical (unpaired) electrons. The van der Waals surface area contributed by atoms with Crippen LogP contribution in [0.5, 0.6) is 0 Å². The molecule has 0 saturated carbocycles. The van der Waals surface area contributed by atoms with Gasteiger partial charge in [0.25, 0.3) is 0 Å². The second-order valence-electron chi connectivity index (χ2n) is 14.3. The number of carbonyl (C=O) groups excluding carboxylic acids is 4. The fourth-order valence-electron chi connectivity index (χ4n) is 4.82. The molecule has 18 heteroatoms. The molecule has 312 valence electrons. The summed E-state index contributed by atoms with van der Waals surface area (Å²) in [6, 6.07) is 28.3. The third-order valence-electron chi connectivity index (χ3n) is 7.12. The van der Waals surface area contributed by atoms with Crippen LogP contribution < -0.4 is 37.6 Å². The van der Waals surface area contributed by atoms with E-state index in [9.17, 15) is 19.2 Å². The van der Waals surface area contributed by atoms with Crippen LogP contribution in [-0.4, -0.2) is 53.3 Å². The number of rotatable bonds is 5. The van der Waals surface area contributed by atoms with Gasteiger partial charge in [0.05, 0.1) is 23.6 Å². The quantitative estimate of drug-likeness (QED) is 0.0961. The Labute approximate surface area is 358 Å². The van der Waals surface area contributed by atoms with Gasteiger partial charge in [-0.25, -0.2) is 35.5 Å². The Morgan fingerprint density at radius 1 is 0.672 bits per heavy atom. The average molecular weight is 879 g/mol. The number of benzene rings is 4. The highest BCUT2D eigenvalue weighted by Gasteiger charge is 2.36. The van der Waals surface area contributed by atoms with Crippen LogP contribution in [0, 0.1) is 0 Å². The fourth-order valence-corrected chi connectivity index (χ4v) is 5.57. The van der Waals surface area contributed by atoms with Crippen molar-refractivity contribution in [2.24, 2.45) is 5.84 Å². The molecule has 2 saturated heterocycles. The zero-order valence-corrected chi connectivity index (χ0v) is 36.0. The summed E-state index contributed by atoms with van der Waals surface area (Å²) in [4.78, 5) is 46.7. The first-order valence-electron chi connectivity index (χ1n) is 17.9. The monoisotopic (exact) mass is 876 g/mol. The van der Waals surface area contributed by atoms with Crippen molar-refractivity contribution in [2.45, 2.75) is 65.6 Å². The van der Waals surface area contributed by atoms with Crippen molar-refractivity contribution in [3.05, 3.63) is 117 Å². The van der Waals surface area contributed by atoms with Crippen LogP contribution in [0.1, 0.15) is 54.4 Å². The molecule has 58 heavy (non-hydrogen) atoms. The minimum absolute atomic E-state index is 0.0854. The summed E-state index contributed by atoms with van der Waals surface area (Å²) in [7, 11) is 0. The summed E-state index contributed by atoms with van der Waals surface area (Å²) in [5.74, 6) is 5.04. The normalized spacial score (nSPS) is 13.5. The molecule has 4 amide bonds. The van der Waals surface area contributed by atoms with Gasteiger partial charge in [-0.1, -0.05) is 70.7 Å². The molecule has 14 nitrogen and oxygen atoms in total. The second kappa shape index (κ2) is 22.3. The lowest BCUT2D eigenvalue weighted by Gasteiger charge is -2.30. The van der Waals surface area contributed by atoms with Gasteiger partial charge in [0, 0.05) is 45.2 Å². The molecule has 6 N–H and O–H groups in total. The van der Waals surface area contributed by atoms with Crippen LogP contribution in [0.3, 0.4) is 0 Å². The maximum atomic E-state index is 12.2. The Morgan fingerprint density at radius 2 is 1.17 bits per heavy atom. The number of halogens is 4. The number of nitrogens with zero attached hydrogens (tertiary/aromatic N) is 3. The first kappa shape index (κ1) is 47.4. The Bertz CT molecular complexity index is 2010. The summed E-state index contributed by atoms with van der Waals surface area (Å²) in [6.45, 7) is 11.8. The van der Waals surface area contributed by atoms with Crippen molar-refractivity contribution >= 4 is 93.2 Å². The van der Waals surface area contributed by atoms with Gasteiger partial charge < -0.3 is 14.9 Å². The summed E-state index contributed by atoms with van der Waals surface area (Å²) < 4.78 is 10.4. The molecule has 0 aliphatic carbocycles. The van der Waals surface area contributed by atoms with Crippen LogP contribution in [0.15, 0.2) is 97.1 Å². The highest BCUT2D eigenvalue weighted by molar-refractivity contribution is 6.31. The zero-order valence-electron chi connectivity index (χ0n) is 32.9. The van der Waals surface area contributed by atoms with Gasteiger partial charge in [0.1, 0.15) is 11.2 Å². The molecule has 0 unspecified atom stereocenters. The minimum Gasteiger partial charge on any atom is -0.443 e. The van der Waals surface area contributed by atoms with E-state index in [0.29, 0.717) is 51.0 Å². The predicted octanol–water partition coefficient (Wildman–Crippen LogP) is 9.63. The Kier molecular flexibility index (Phi) is 18.2. The topological polar surface area (TPSA) is 171 Å². The van der Waals surface area contributed by atoms with Gasteiger partial charge in [-0.2, -0.15) is 0 Å². The third kappa shape index (κ3) is 16.9. The van der Waals surface area contributed by atoms with Crippen molar-refractivity contribution in [3.63, 3.8) is 0 Å². The molecule has 2 heterocycles. The Balaban J connectivity index is 0.000000214. The lowest BCUT2D eigenvalue weighted by molar-refractivity contribution is -0.118. The highest BCUT2D eigenvalue weighted by Crippen LogP contribution is 2.27. The average Bonchev–Trinajstić information content (AvgIpc) is 3.75. The Hall–Kier alpha value is -4.96. The molecule has 6 rings (SSSR count). The zero-order chi connectivity index (χ0) is 43.0. The van der Waals surface area contributed by atoms with Crippen molar-refractivity contribution < 1.29 is 28.7 Å². The fraction of sp³-hybridized carbons (Fsp3) is 0.300. The van der Waals surface area contributed by atoms with Gasteiger partial charge >= 0.3 is 12.2 Å². The number of ether oxygens (including phenoxy) is 2. The molecule has 0 atom stereocenters. The van der Waals surface area contributed by atoms with E-state index in [0.717, 1.165) is 11.4 Å². The van der Waals surface area contributed by atoms with Crippen LogP contribution in [0.2, 0.25) is 20.1 Å². The molecule has 0 bridgehead atoms. The standard InChI is InChI=1S/C14H17ClN2O3.C11H15ClN2O2.C9H9ClN2O.C6H7ClN2/c1-14(2,3)20-13(19)16-8-7-12(18)17(16)11-6-4-5-10(15)9-11;1-11(2,3)16-10(15)14-13-9-6-4-5-8(12)7-9;10-7-2-1-3-8(6-7)12-9(13)4-5-11-12;7-5-2-1-3-6(4-5)9-8/h4-6,9H,7-8H2,1-3H3;4-7,13H,1-3H3,(H,14,15);1-3,6,11H,4-5H2;1-4,9H,8H2. The summed E-state index contributed by atoms with van der Waals surface area (Å²) in [5, 5.41) is 6.58. The summed E-state index contributed by atoms with van der Waals surface area (Å²) >= 11 is 23.1. The number of nitrogens with one attached hydrogen (secondary N) is 4. The van der Waals surface area contributed by atoms with Gasteiger partial charge in [-0.3, -0.25) is 20.9 Å². The van der Waals surface area contributed by atoms with E-state index in [-0.39, 0.29) is 18.2 Å². The Morgan fingerprint density at radius 3 is 1.66 bits per heavy atom. The van der Waals surface area contributed by atoms with E-state index < -0.39 is 23.4 Å². The molecular formula is C40H48Cl4N8O6. The molecular weight excluding hydrogens is 830 g/mol. The molecule has 4 aromatic rings. The molecule has 2 aliphatic rings.